The molecule has 2 rings (SSSR count). The van der Waals surface area contributed by atoms with Gasteiger partial charge in [-0.15, -0.1) is 0 Å². The van der Waals surface area contributed by atoms with Crippen LogP contribution in [0.5, 0.6) is 0 Å². The summed E-state index contributed by atoms with van der Waals surface area (Å²) in [5.41, 5.74) is 1.48. The molecule has 1 fully saturated rings. The Balaban J connectivity index is 1.88. The maximum Gasteiger partial charge on any atom is 0.0124 e. The first kappa shape index (κ1) is 8.76. The minimum atomic E-state index is 0.834. The lowest BCUT2D eigenvalue weighted by atomic mass is 10.1. The van der Waals surface area contributed by atoms with Gasteiger partial charge in [0.15, 0.2) is 0 Å². The van der Waals surface area contributed by atoms with E-state index in [1.807, 2.05) is 0 Å². The molecular formula is C12H17N. The highest BCUT2D eigenvalue weighted by molar-refractivity contribution is 5.17. The average Bonchev–Trinajstić information content (AvgIpc) is 2.86. The molecule has 0 amide bonds. The second-order valence-electron chi connectivity index (χ2n) is 4.22. The van der Waals surface area contributed by atoms with E-state index in [-0.39, 0.29) is 0 Å². The van der Waals surface area contributed by atoms with Gasteiger partial charge in [0.1, 0.15) is 0 Å². The minimum absolute atomic E-state index is 0.834. The van der Waals surface area contributed by atoms with Gasteiger partial charge in [0.05, 0.1) is 0 Å². The molecule has 70 valence electrons. The van der Waals surface area contributed by atoms with Crippen LogP contribution in [0.3, 0.4) is 0 Å². The van der Waals surface area contributed by atoms with Crippen molar-refractivity contribution < 1.29 is 0 Å². The average molecular weight is 175 g/mol. The fourth-order valence-corrected chi connectivity index (χ4v) is 2.00. The number of benzene rings is 1. The van der Waals surface area contributed by atoms with Crippen LogP contribution in [0, 0.1) is 5.92 Å². The number of nitrogens with zero attached hydrogens (tertiary/aromatic N) is 1. The maximum atomic E-state index is 2.34. The SMILES string of the molecule is CN(C)C1CC1Cc1ccccc1. The van der Waals surface area contributed by atoms with Crippen LogP contribution in [0.2, 0.25) is 0 Å². The first-order chi connectivity index (χ1) is 6.27. The van der Waals surface area contributed by atoms with E-state index in [1.165, 1.54) is 18.4 Å². The van der Waals surface area contributed by atoms with Gasteiger partial charge >= 0.3 is 0 Å². The van der Waals surface area contributed by atoms with E-state index in [9.17, 15) is 0 Å². The van der Waals surface area contributed by atoms with Crippen molar-refractivity contribution in [3.05, 3.63) is 35.9 Å². The van der Waals surface area contributed by atoms with Crippen LogP contribution in [0.15, 0.2) is 30.3 Å². The van der Waals surface area contributed by atoms with E-state index >= 15 is 0 Å². The van der Waals surface area contributed by atoms with Gasteiger partial charge < -0.3 is 4.90 Å². The summed E-state index contributed by atoms with van der Waals surface area (Å²) in [6, 6.07) is 11.6. The Kier molecular flexibility index (Phi) is 2.36. The third kappa shape index (κ3) is 2.10. The van der Waals surface area contributed by atoms with E-state index in [4.69, 9.17) is 0 Å². The molecule has 2 unspecified atom stereocenters. The fraction of sp³-hybridized carbons (Fsp3) is 0.500. The minimum Gasteiger partial charge on any atom is -0.306 e. The Bertz CT molecular complexity index is 266. The summed E-state index contributed by atoms with van der Waals surface area (Å²) in [6.45, 7) is 0. The Labute approximate surface area is 80.4 Å². The second kappa shape index (κ2) is 3.51. The van der Waals surface area contributed by atoms with Crippen LogP contribution in [0.4, 0.5) is 0 Å². The van der Waals surface area contributed by atoms with Crippen LogP contribution in [-0.2, 0) is 6.42 Å². The smallest absolute Gasteiger partial charge is 0.0124 e. The topological polar surface area (TPSA) is 3.24 Å². The Hall–Kier alpha value is -0.820. The molecule has 0 aromatic heterocycles. The molecule has 0 saturated heterocycles. The summed E-state index contributed by atoms with van der Waals surface area (Å²) in [5.74, 6) is 0.900. The largest absolute Gasteiger partial charge is 0.306 e. The van der Waals surface area contributed by atoms with Crippen LogP contribution in [-0.4, -0.2) is 25.0 Å². The van der Waals surface area contributed by atoms with Gasteiger partial charge in [-0.3, -0.25) is 0 Å². The molecular weight excluding hydrogens is 158 g/mol. The maximum absolute atomic E-state index is 2.34. The summed E-state index contributed by atoms with van der Waals surface area (Å²) >= 11 is 0. The normalized spacial score (nSPS) is 26.4. The van der Waals surface area contributed by atoms with Gasteiger partial charge in [0.2, 0.25) is 0 Å². The van der Waals surface area contributed by atoms with E-state index in [0.29, 0.717) is 0 Å². The lowest BCUT2D eigenvalue weighted by Gasteiger charge is -2.08. The summed E-state index contributed by atoms with van der Waals surface area (Å²) < 4.78 is 0. The Morgan fingerprint density at radius 3 is 2.46 bits per heavy atom. The summed E-state index contributed by atoms with van der Waals surface area (Å²) in [4.78, 5) is 2.34. The van der Waals surface area contributed by atoms with E-state index in [0.717, 1.165) is 12.0 Å². The zero-order valence-corrected chi connectivity index (χ0v) is 8.40. The fourth-order valence-electron chi connectivity index (χ4n) is 2.00. The monoisotopic (exact) mass is 175 g/mol. The Morgan fingerprint density at radius 1 is 1.23 bits per heavy atom. The standard InChI is InChI=1S/C12H17N/c1-13(2)12-9-11(12)8-10-6-4-3-5-7-10/h3-7,11-12H,8-9H2,1-2H3. The zero-order chi connectivity index (χ0) is 9.26. The molecule has 0 aliphatic heterocycles. The molecule has 1 aliphatic carbocycles. The molecule has 13 heavy (non-hydrogen) atoms. The van der Waals surface area contributed by atoms with Crippen molar-refractivity contribution in [2.45, 2.75) is 18.9 Å². The third-order valence-electron chi connectivity index (χ3n) is 2.89. The molecule has 1 aliphatic rings. The predicted molar refractivity (Wildman–Crippen MR) is 55.7 cm³/mol. The van der Waals surface area contributed by atoms with Crippen LogP contribution in [0.25, 0.3) is 0 Å². The third-order valence-corrected chi connectivity index (χ3v) is 2.89. The summed E-state index contributed by atoms with van der Waals surface area (Å²) in [6.07, 6.45) is 2.63. The molecule has 1 aromatic rings. The van der Waals surface area contributed by atoms with Crippen LogP contribution < -0.4 is 0 Å². The van der Waals surface area contributed by atoms with E-state index in [1.54, 1.807) is 0 Å². The van der Waals surface area contributed by atoms with Crippen LogP contribution >= 0.6 is 0 Å². The molecule has 0 spiro atoms. The van der Waals surface area contributed by atoms with Crippen molar-refractivity contribution in [3.63, 3.8) is 0 Å². The van der Waals surface area contributed by atoms with Crippen molar-refractivity contribution in [2.75, 3.05) is 14.1 Å². The molecule has 0 heterocycles. The van der Waals surface area contributed by atoms with Gasteiger partial charge in [-0.05, 0) is 38.4 Å². The van der Waals surface area contributed by atoms with Crippen molar-refractivity contribution in [2.24, 2.45) is 5.92 Å². The molecule has 2 atom stereocenters. The van der Waals surface area contributed by atoms with Gasteiger partial charge in [-0.25, -0.2) is 0 Å². The van der Waals surface area contributed by atoms with Crippen molar-refractivity contribution in [1.29, 1.82) is 0 Å². The molecule has 0 N–H and O–H groups in total. The lowest BCUT2D eigenvalue weighted by Crippen LogP contribution is -2.16. The van der Waals surface area contributed by atoms with Crippen molar-refractivity contribution in [1.82, 2.24) is 4.90 Å². The van der Waals surface area contributed by atoms with Gasteiger partial charge in [0, 0.05) is 6.04 Å². The molecule has 0 bridgehead atoms. The molecule has 1 saturated carbocycles. The van der Waals surface area contributed by atoms with E-state index < -0.39 is 0 Å². The predicted octanol–water partition coefficient (Wildman–Crippen LogP) is 2.18. The van der Waals surface area contributed by atoms with Gasteiger partial charge in [-0.1, -0.05) is 30.3 Å². The first-order valence-electron chi connectivity index (χ1n) is 4.97. The van der Waals surface area contributed by atoms with Gasteiger partial charge in [-0.2, -0.15) is 0 Å². The zero-order valence-electron chi connectivity index (χ0n) is 8.40. The first-order valence-corrected chi connectivity index (χ1v) is 4.97. The van der Waals surface area contributed by atoms with Gasteiger partial charge in [0.25, 0.3) is 0 Å². The molecule has 1 nitrogen and oxygen atoms in total. The highest BCUT2D eigenvalue weighted by Gasteiger charge is 2.38. The van der Waals surface area contributed by atoms with Crippen molar-refractivity contribution in [3.8, 4) is 0 Å². The number of hydrogen-bond donors (Lipinski definition) is 0. The van der Waals surface area contributed by atoms with E-state index in [2.05, 4.69) is 49.3 Å². The molecule has 1 aromatic carbocycles. The Morgan fingerprint density at radius 2 is 1.92 bits per heavy atom. The summed E-state index contributed by atoms with van der Waals surface area (Å²) in [5, 5.41) is 0. The quantitative estimate of drug-likeness (QED) is 0.680. The highest BCUT2D eigenvalue weighted by atomic mass is 15.1. The lowest BCUT2D eigenvalue weighted by molar-refractivity contribution is 0.377. The number of rotatable bonds is 3. The highest BCUT2D eigenvalue weighted by Crippen LogP contribution is 2.36. The summed E-state index contributed by atoms with van der Waals surface area (Å²) in [7, 11) is 4.35. The van der Waals surface area contributed by atoms with Crippen LogP contribution in [0.1, 0.15) is 12.0 Å². The number of hydrogen-bond acceptors (Lipinski definition) is 1. The van der Waals surface area contributed by atoms with Crippen molar-refractivity contribution >= 4 is 0 Å². The molecule has 1 heteroatoms. The second-order valence-corrected chi connectivity index (χ2v) is 4.22. The molecule has 0 radical (unpaired) electrons.